The van der Waals surface area contributed by atoms with Gasteiger partial charge in [-0.25, -0.2) is 4.39 Å². The molecule has 1 heterocycles. The maximum absolute atomic E-state index is 13.0. The van der Waals surface area contributed by atoms with Crippen molar-refractivity contribution in [2.45, 2.75) is 14.4 Å². The molecule has 0 N–H and O–H groups in total. The Balaban J connectivity index is 0.00000161. The summed E-state index contributed by atoms with van der Waals surface area (Å²) in [6, 6.07) is 19.5. The maximum atomic E-state index is 13.0. The summed E-state index contributed by atoms with van der Waals surface area (Å²) in [6.45, 7) is 2.01. The van der Waals surface area contributed by atoms with Crippen LogP contribution in [0.1, 0.15) is 13.0 Å². The van der Waals surface area contributed by atoms with E-state index in [4.69, 9.17) is 0 Å². The van der Waals surface area contributed by atoms with Crippen molar-refractivity contribution >= 4 is 8.41 Å². The predicted molar refractivity (Wildman–Crippen MR) is 91.1 cm³/mol. The zero-order valence-electron chi connectivity index (χ0n) is 12.0. The van der Waals surface area contributed by atoms with Gasteiger partial charge in [0, 0.05) is 34.7 Å². The fourth-order valence-corrected chi connectivity index (χ4v) is 2.06. The van der Waals surface area contributed by atoms with Gasteiger partial charge >= 0.3 is 0 Å². The van der Waals surface area contributed by atoms with Crippen molar-refractivity contribution in [3.63, 3.8) is 0 Å². The molecule has 23 heavy (non-hydrogen) atoms. The zero-order valence-corrected chi connectivity index (χ0v) is 14.4. The molecule has 0 aliphatic heterocycles. The van der Waals surface area contributed by atoms with E-state index in [0.29, 0.717) is 0 Å². The Morgan fingerprint density at radius 2 is 1.65 bits per heavy atom. The molecule has 0 aliphatic rings. The van der Waals surface area contributed by atoms with Crippen LogP contribution in [0.25, 0.3) is 22.4 Å². The van der Waals surface area contributed by atoms with Gasteiger partial charge in [-0.05, 0) is 35.9 Å². The Labute approximate surface area is 152 Å². The normalized spacial score (nSPS) is 9.13. The number of hydrogen-bond acceptors (Lipinski definition) is 1. The van der Waals surface area contributed by atoms with Gasteiger partial charge in [0.15, 0.2) is 0 Å². The van der Waals surface area contributed by atoms with Crippen molar-refractivity contribution in [1.29, 1.82) is 0 Å². The molecule has 118 valence electrons. The second-order valence-electron chi connectivity index (χ2n) is 4.72. The molecule has 0 saturated heterocycles. The van der Waals surface area contributed by atoms with E-state index in [2.05, 4.69) is 11.1 Å². The first-order valence-electron chi connectivity index (χ1n) is 6.43. The third-order valence-corrected chi connectivity index (χ3v) is 3.17. The monoisotopic (exact) mass is 482 g/mol. The van der Waals surface area contributed by atoms with E-state index in [1.54, 1.807) is 12.1 Å². The molecule has 0 unspecified atom stereocenters. The molecule has 0 amide bonds. The van der Waals surface area contributed by atoms with Crippen LogP contribution >= 0.6 is 0 Å². The molecule has 0 spiro atoms. The molecule has 0 atom stereocenters. The van der Waals surface area contributed by atoms with Gasteiger partial charge < -0.3 is 4.98 Å². The van der Waals surface area contributed by atoms with Crippen molar-refractivity contribution in [2.75, 3.05) is 0 Å². The molecule has 4 radical (unpaired) electrons. The minimum atomic E-state index is -0.225. The fourth-order valence-electron chi connectivity index (χ4n) is 2.06. The summed E-state index contributed by atoms with van der Waals surface area (Å²) in [5, 5.41) is 0. The number of nitrogens with zero attached hydrogens (tertiary/aromatic N) is 1. The Hall–Kier alpha value is -1.77. The van der Waals surface area contributed by atoms with Gasteiger partial charge in [0.2, 0.25) is 0 Å². The van der Waals surface area contributed by atoms with E-state index >= 15 is 0 Å². The molecule has 3 aromatic rings. The van der Waals surface area contributed by atoms with E-state index in [1.807, 2.05) is 43.5 Å². The number of benzene rings is 2. The third-order valence-electron chi connectivity index (χ3n) is 3.17. The van der Waals surface area contributed by atoms with Crippen LogP contribution in [0.15, 0.2) is 60.8 Å². The molecule has 0 aliphatic carbocycles. The fraction of sp³-hybridized carbons (Fsp3) is 0.105. The zero-order chi connectivity index (χ0) is 13.9. The number of pyridine rings is 1. The van der Waals surface area contributed by atoms with Gasteiger partial charge in [0.1, 0.15) is 5.82 Å². The Bertz CT molecular complexity index is 666. The summed E-state index contributed by atoms with van der Waals surface area (Å²) in [4.78, 5) is 4.41. The van der Waals surface area contributed by atoms with Crippen LogP contribution in [0.3, 0.4) is 0 Å². The molecule has 0 saturated carbocycles. The Morgan fingerprint density at radius 3 is 2.26 bits per heavy atom. The van der Waals surface area contributed by atoms with E-state index in [1.165, 1.54) is 12.1 Å². The van der Waals surface area contributed by atoms with E-state index in [0.717, 1.165) is 27.9 Å². The number of aryl methyl sites for hydroxylation is 1. The van der Waals surface area contributed by atoms with Crippen LogP contribution in [0, 0.1) is 18.8 Å². The molecular weight excluding hydrogens is 464 g/mol. The van der Waals surface area contributed by atoms with Crippen molar-refractivity contribution < 1.29 is 24.5 Å². The average molecular weight is 481 g/mol. The summed E-state index contributed by atoms with van der Waals surface area (Å²) in [5.41, 5.74) is 4.96. The smallest absolute Gasteiger partial charge is 0.123 e. The van der Waals surface area contributed by atoms with E-state index in [-0.39, 0.29) is 41.8 Å². The van der Waals surface area contributed by atoms with Crippen LogP contribution in [0.4, 0.5) is 4.39 Å². The van der Waals surface area contributed by atoms with Gasteiger partial charge in [-0.1, -0.05) is 31.7 Å². The first-order chi connectivity index (χ1) is 9.72. The number of hydrogen-bond donors (Lipinski definition) is 0. The Morgan fingerprint density at radius 1 is 0.957 bits per heavy atom. The minimum Gasteiger partial charge on any atom is -0.304 e. The van der Waals surface area contributed by atoms with Crippen LogP contribution in [-0.4, -0.2) is 13.4 Å². The van der Waals surface area contributed by atoms with Crippen LogP contribution in [0.2, 0.25) is 0 Å². The molecule has 2 aromatic carbocycles. The van der Waals surface area contributed by atoms with Crippen LogP contribution in [0.5, 0.6) is 0 Å². The minimum absolute atomic E-state index is 0. The molecule has 4 heteroatoms. The first kappa shape index (κ1) is 21.2. The summed E-state index contributed by atoms with van der Waals surface area (Å²) in [6.07, 6.45) is 1.84. The van der Waals surface area contributed by atoms with Crippen molar-refractivity contribution in [2.24, 2.45) is 0 Å². The van der Waals surface area contributed by atoms with E-state index in [9.17, 15) is 4.39 Å². The van der Waals surface area contributed by atoms with Gasteiger partial charge in [0.05, 0.1) is 0 Å². The van der Waals surface area contributed by atoms with E-state index < -0.39 is 0 Å². The van der Waals surface area contributed by atoms with Gasteiger partial charge in [0.25, 0.3) is 0 Å². The van der Waals surface area contributed by atoms with Crippen LogP contribution in [-0.2, 0) is 20.1 Å². The molecule has 3 rings (SSSR count). The SMILES string of the molecule is C.Cc1ccc(-c2[c-]ccc(-c3ccc(F)cc3)c2)nc1.[B].[Ir]. The molecule has 0 fully saturated rings. The quantitative estimate of drug-likeness (QED) is 0.374. The van der Waals surface area contributed by atoms with Crippen LogP contribution < -0.4 is 0 Å². The van der Waals surface area contributed by atoms with Gasteiger partial charge in [-0.3, -0.25) is 0 Å². The molecule has 1 nitrogen and oxygen atoms in total. The summed E-state index contributed by atoms with van der Waals surface area (Å²) in [5.74, 6) is -0.225. The summed E-state index contributed by atoms with van der Waals surface area (Å²) in [7, 11) is 0. The predicted octanol–water partition coefficient (Wildman–Crippen LogP) is 4.92. The third kappa shape index (κ3) is 5.12. The molecule has 0 bridgehead atoms. The first-order valence-corrected chi connectivity index (χ1v) is 6.43. The van der Waals surface area contributed by atoms with Gasteiger partial charge in [-0.15, -0.1) is 35.4 Å². The Kier molecular flexibility index (Phi) is 8.67. The summed E-state index contributed by atoms with van der Waals surface area (Å²) >= 11 is 0. The second-order valence-corrected chi connectivity index (χ2v) is 4.72. The maximum Gasteiger partial charge on any atom is 0.123 e. The largest absolute Gasteiger partial charge is 0.304 e. The number of aromatic nitrogens is 1. The molecular formula is C19H17BFIrN-. The number of halogens is 1. The average Bonchev–Trinajstić information content (AvgIpc) is 2.49. The van der Waals surface area contributed by atoms with Gasteiger partial charge in [-0.2, -0.15) is 0 Å². The van der Waals surface area contributed by atoms with Crippen molar-refractivity contribution in [3.05, 3.63) is 78.2 Å². The van der Waals surface area contributed by atoms with Crippen molar-refractivity contribution in [3.8, 4) is 22.4 Å². The van der Waals surface area contributed by atoms with Crippen molar-refractivity contribution in [1.82, 2.24) is 4.98 Å². The second kappa shape index (κ2) is 9.39. The standard InChI is InChI=1S/C18H13FN.CH4.B.Ir/c1-13-5-10-18(20-12-13)16-4-2-3-15(11-16)14-6-8-17(19)9-7-14;;;/h2-3,5-12H,1H3;1H4;;/q-1;;;. The topological polar surface area (TPSA) is 12.9 Å². The molecule has 1 aromatic heterocycles. The summed E-state index contributed by atoms with van der Waals surface area (Å²) < 4.78 is 13.0. The number of rotatable bonds is 2.